The van der Waals surface area contributed by atoms with Gasteiger partial charge in [-0.3, -0.25) is 9.59 Å². The van der Waals surface area contributed by atoms with Crippen LogP contribution in [0, 0.1) is 6.92 Å². The zero-order chi connectivity index (χ0) is 19.4. The van der Waals surface area contributed by atoms with E-state index in [1.807, 2.05) is 11.8 Å². The lowest BCUT2D eigenvalue weighted by Crippen LogP contribution is -2.48. The molecule has 0 spiro atoms. The molecule has 1 saturated heterocycles. The third kappa shape index (κ3) is 4.67. The Morgan fingerprint density at radius 1 is 1.00 bits per heavy atom. The molecule has 0 aromatic heterocycles. The van der Waals surface area contributed by atoms with Gasteiger partial charge >= 0.3 is 0 Å². The van der Waals surface area contributed by atoms with E-state index in [1.165, 1.54) is 0 Å². The van der Waals surface area contributed by atoms with Crippen molar-refractivity contribution in [3.05, 3.63) is 64.2 Å². The molecule has 142 valence electrons. The number of amides is 2. The summed E-state index contributed by atoms with van der Waals surface area (Å²) < 4.78 is 0. The number of hydrogen-bond donors (Lipinski definition) is 1. The van der Waals surface area contributed by atoms with Gasteiger partial charge in [-0.25, -0.2) is 0 Å². The van der Waals surface area contributed by atoms with Crippen LogP contribution in [0.2, 0.25) is 5.02 Å². The van der Waals surface area contributed by atoms with Gasteiger partial charge < -0.3 is 15.1 Å². The molecule has 1 aliphatic heterocycles. The molecule has 0 aliphatic carbocycles. The summed E-state index contributed by atoms with van der Waals surface area (Å²) in [4.78, 5) is 29.3. The number of nitrogens with one attached hydrogen (secondary N) is 1. The molecular formula is C21H24ClN3O2. The van der Waals surface area contributed by atoms with Crippen LogP contribution in [0.5, 0.6) is 0 Å². The van der Waals surface area contributed by atoms with Crippen molar-refractivity contribution >= 4 is 29.1 Å². The molecule has 0 atom stereocenters. The first-order valence-corrected chi connectivity index (χ1v) is 9.55. The molecule has 27 heavy (non-hydrogen) atoms. The third-order valence-corrected chi connectivity index (χ3v) is 5.17. The van der Waals surface area contributed by atoms with E-state index in [4.69, 9.17) is 11.6 Å². The third-order valence-electron chi connectivity index (χ3n) is 4.94. The van der Waals surface area contributed by atoms with Crippen molar-refractivity contribution in [1.82, 2.24) is 9.80 Å². The zero-order valence-electron chi connectivity index (χ0n) is 15.7. The van der Waals surface area contributed by atoms with Crippen LogP contribution < -0.4 is 5.32 Å². The fourth-order valence-corrected chi connectivity index (χ4v) is 3.40. The summed E-state index contributed by atoms with van der Waals surface area (Å²) in [5.74, 6) is -0.192. The highest BCUT2D eigenvalue weighted by Gasteiger charge is 2.21. The predicted octanol–water partition coefficient (Wildman–Crippen LogP) is 3.68. The molecule has 0 radical (unpaired) electrons. The molecular weight excluding hydrogens is 362 g/mol. The largest absolute Gasteiger partial charge is 0.336 e. The fraction of sp³-hybridized carbons (Fsp3) is 0.333. The SMILES string of the molecule is CCN1CCN(C(=O)c2ccc(C(=O)Nc3ccc(Cl)cc3C)cc2)CC1. The summed E-state index contributed by atoms with van der Waals surface area (Å²) in [6.07, 6.45) is 0. The minimum Gasteiger partial charge on any atom is -0.336 e. The van der Waals surface area contributed by atoms with Gasteiger partial charge in [0.2, 0.25) is 0 Å². The highest BCUT2D eigenvalue weighted by atomic mass is 35.5. The number of benzene rings is 2. The van der Waals surface area contributed by atoms with Gasteiger partial charge in [0.15, 0.2) is 0 Å². The van der Waals surface area contributed by atoms with Crippen molar-refractivity contribution in [1.29, 1.82) is 0 Å². The van der Waals surface area contributed by atoms with Crippen LogP contribution in [0.15, 0.2) is 42.5 Å². The number of rotatable bonds is 4. The number of aryl methyl sites for hydroxylation is 1. The number of hydrogen-bond acceptors (Lipinski definition) is 3. The summed E-state index contributed by atoms with van der Waals surface area (Å²) in [5.41, 5.74) is 2.74. The monoisotopic (exact) mass is 385 g/mol. The van der Waals surface area contributed by atoms with Gasteiger partial charge in [0.25, 0.3) is 11.8 Å². The second-order valence-electron chi connectivity index (χ2n) is 6.72. The second-order valence-corrected chi connectivity index (χ2v) is 7.15. The summed E-state index contributed by atoms with van der Waals surface area (Å²) in [5, 5.41) is 3.51. The van der Waals surface area contributed by atoms with E-state index in [0.717, 1.165) is 44.0 Å². The number of anilines is 1. The highest BCUT2D eigenvalue weighted by Crippen LogP contribution is 2.20. The molecule has 1 aliphatic rings. The van der Waals surface area contributed by atoms with Crippen LogP contribution in [0.4, 0.5) is 5.69 Å². The number of likely N-dealkylation sites (N-methyl/N-ethyl adjacent to an activating group) is 1. The Balaban J connectivity index is 1.64. The van der Waals surface area contributed by atoms with Crippen molar-refractivity contribution in [2.75, 3.05) is 38.0 Å². The van der Waals surface area contributed by atoms with Crippen LogP contribution in [-0.4, -0.2) is 54.3 Å². The first kappa shape index (κ1) is 19.4. The van der Waals surface area contributed by atoms with E-state index in [0.29, 0.717) is 16.1 Å². The quantitative estimate of drug-likeness (QED) is 0.873. The first-order chi connectivity index (χ1) is 13.0. The van der Waals surface area contributed by atoms with Gasteiger partial charge in [0, 0.05) is 48.0 Å². The predicted molar refractivity (Wildman–Crippen MR) is 109 cm³/mol. The van der Waals surface area contributed by atoms with Gasteiger partial charge in [-0.15, -0.1) is 0 Å². The van der Waals surface area contributed by atoms with E-state index >= 15 is 0 Å². The Morgan fingerprint density at radius 2 is 1.63 bits per heavy atom. The molecule has 0 bridgehead atoms. The number of carbonyl (C=O) groups excluding carboxylic acids is 2. The van der Waals surface area contributed by atoms with Gasteiger partial charge in [0.05, 0.1) is 0 Å². The van der Waals surface area contributed by atoms with Crippen LogP contribution in [0.3, 0.4) is 0 Å². The molecule has 0 saturated carbocycles. The van der Waals surface area contributed by atoms with Gasteiger partial charge in [-0.2, -0.15) is 0 Å². The van der Waals surface area contributed by atoms with Gasteiger partial charge in [-0.05, 0) is 61.5 Å². The molecule has 1 heterocycles. The topological polar surface area (TPSA) is 52.7 Å². The van der Waals surface area contributed by atoms with Crippen LogP contribution in [0.25, 0.3) is 0 Å². The normalized spacial score (nSPS) is 14.9. The molecule has 6 heteroatoms. The van der Waals surface area contributed by atoms with E-state index in [-0.39, 0.29) is 11.8 Å². The van der Waals surface area contributed by atoms with Crippen molar-refractivity contribution in [3.63, 3.8) is 0 Å². The maximum absolute atomic E-state index is 12.6. The maximum atomic E-state index is 12.6. The van der Waals surface area contributed by atoms with Crippen LogP contribution in [0.1, 0.15) is 33.2 Å². The maximum Gasteiger partial charge on any atom is 0.255 e. The number of carbonyl (C=O) groups is 2. The van der Waals surface area contributed by atoms with E-state index in [1.54, 1.807) is 42.5 Å². The highest BCUT2D eigenvalue weighted by molar-refractivity contribution is 6.30. The molecule has 2 aromatic rings. The Hall–Kier alpha value is -2.37. The zero-order valence-corrected chi connectivity index (χ0v) is 16.4. The lowest BCUT2D eigenvalue weighted by Gasteiger charge is -2.34. The Kier molecular flexibility index (Phi) is 6.14. The fourth-order valence-electron chi connectivity index (χ4n) is 3.18. The number of piperazine rings is 1. The molecule has 0 unspecified atom stereocenters. The summed E-state index contributed by atoms with van der Waals surface area (Å²) in [6, 6.07) is 12.1. The minimum atomic E-state index is -0.212. The smallest absolute Gasteiger partial charge is 0.255 e. The molecule has 3 rings (SSSR count). The lowest BCUT2D eigenvalue weighted by atomic mass is 10.1. The molecule has 1 N–H and O–H groups in total. The summed E-state index contributed by atoms with van der Waals surface area (Å²) >= 11 is 5.95. The molecule has 2 amide bonds. The molecule has 2 aromatic carbocycles. The summed E-state index contributed by atoms with van der Waals surface area (Å²) in [6.45, 7) is 8.33. The second kappa shape index (κ2) is 8.55. The van der Waals surface area contributed by atoms with E-state index in [9.17, 15) is 9.59 Å². The van der Waals surface area contributed by atoms with E-state index < -0.39 is 0 Å². The number of nitrogens with zero attached hydrogens (tertiary/aromatic N) is 2. The summed E-state index contributed by atoms with van der Waals surface area (Å²) in [7, 11) is 0. The van der Waals surface area contributed by atoms with Gasteiger partial charge in [-0.1, -0.05) is 18.5 Å². The Bertz CT molecular complexity index is 828. The number of halogens is 1. The van der Waals surface area contributed by atoms with Crippen molar-refractivity contribution in [3.8, 4) is 0 Å². The minimum absolute atomic E-state index is 0.0197. The molecule has 5 nitrogen and oxygen atoms in total. The van der Waals surface area contributed by atoms with Crippen LogP contribution >= 0.6 is 11.6 Å². The lowest BCUT2D eigenvalue weighted by molar-refractivity contribution is 0.0643. The average Bonchev–Trinajstić information content (AvgIpc) is 2.69. The van der Waals surface area contributed by atoms with Crippen molar-refractivity contribution in [2.24, 2.45) is 0 Å². The Labute approximate surface area is 164 Å². The first-order valence-electron chi connectivity index (χ1n) is 9.17. The van der Waals surface area contributed by atoms with Crippen LogP contribution in [-0.2, 0) is 0 Å². The van der Waals surface area contributed by atoms with E-state index in [2.05, 4.69) is 17.1 Å². The standard InChI is InChI=1S/C21H24ClN3O2/c1-3-24-10-12-25(13-11-24)21(27)17-6-4-16(5-7-17)20(26)23-19-9-8-18(22)14-15(19)2/h4-9,14H,3,10-13H2,1-2H3,(H,23,26). The Morgan fingerprint density at radius 3 is 2.22 bits per heavy atom. The molecule has 1 fully saturated rings. The average molecular weight is 386 g/mol. The van der Waals surface area contributed by atoms with Crippen molar-refractivity contribution in [2.45, 2.75) is 13.8 Å². The van der Waals surface area contributed by atoms with Gasteiger partial charge in [0.1, 0.15) is 0 Å². The van der Waals surface area contributed by atoms with Crippen molar-refractivity contribution < 1.29 is 9.59 Å².